The van der Waals surface area contributed by atoms with E-state index in [2.05, 4.69) is 29.6 Å². The summed E-state index contributed by atoms with van der Waals surface area (Å²) >= 11 is 0. The van der Waals surface area contributed by atoms with Crippen LogP contribution in [0.2, 0.25) is 0 Å². The summed E-state index contributed by atoms with van der Waals surface area (Å²) in [4.78, 5) is 27.5. The lowest BCUT2D eigenvalue weighted by atomic mass is 9.87. The molecule has 4 nitrogen and oxygen atoms in total. The molecule has 2 atom stereocenters. The Morgan fingerprint density at radius 2 is 1.75 bits per heavy atom. The second-order valence-electron chi connectivity index (χ2n) is 8.17. The van der Waals surface area contributed by atoms with E-state index in [4.69, 9.17) is 0 Å². The van der Waals surface area contributed by atoms with Crippen molar-refractivity contribution in [2.24, 2.45) is 5.92 Å². The molecule has 1 aliphatic heterocycles. The quantitative estimate of drug-likeness (QED) is 0.891. The van der Waals surface area contributed by atoms with Crippen LogP contribution in [0, 0.1) is 12.8 Å². The number of amides is 2. The van der Waals surface area contributed by atoms with Crippen molar-refractivity contribution in [3.63, 3.8) is 0 Å². The van der Waals surface area contributed by atoms with E-state index in [1.165, 1.54) is 11.1 Å². The molecule has 0 radical (unpaired) electrons. The fourth-order valence-corrected chi connectivity index (χ4v) is 4.39. The van der Waals surface area contributed by atoms with E-state index < -0.39 is 0 Å². The highest BCUT2D eigenvalue weighted by Crippen LogP contribution is 2.23. The van der Waals surface area contributed by atoms with Crippen molar-refractivity contribution in [3.05, 3.63) is 70.8 Å². The van der Waals surface area contributed by atoms with Crippen molar-refractivity contribution in [2.75, 3.05) is 13.1 Å². The molecule has 2 unspecified atom stereocenters. The van der Waals surface area contributed by atoms with Crippen LogP contribution in [-0.2, 0) is 17.6 Å². The van der Waals surface area contributed by atoms with Gasteiger partial charge >= 0.3 is 0 Å². The van der Waals surface area contributed by atoms with Gasteiger partial charge in [-0.05, 0) is 62.3 Å². The van der Waals surface area contributed by atoms with Gasteiger partial charge in [0.2, 0.25) is 5.91 Å². The summed E-state index contributed by atoms with van der Waals surface area (Å²) < 4.78 is 0. The Labute approximate surface area is 166 Å². The zero-order chi connectivity index (χ0) is 19.5. The second-order valence-corrected chi connectivity index (χ2v) is 8.17. The van der Waals surface area contributed by atoms with E-state index in [0.29, 0.717) is 12.1 Å². The molecule has 4 heteroatoms. The molecule has 2 aliphatic rings. The topological polar surface area (TPSA) is 49.4 Å². The molecule has 2 aromatic rings. The van der Waals surface area contributed by atoms with Crippen LogP contribution in [-0.4, -0.2) is 35.8 Å². The van der Waals surface area contributed by atoms with E-state index in [1.807, 2.05) is 36.1 Å². The van der Waals surface area contributed by atoms with Crippen molar-refractivity contribution < 1.29 is 9.59 Å². The third kappa shape index (κ3) is 4.11. The summed E-state index contributed by atoms with van der Waals surface area (Å²) in [7, 11) is 0. The molecule has 1 fully saturated rings. The summed E-state index contributed by atoms with van der Waals surface area (Å²) in [6.07, 6.45) is 4.64. The molecular weight excluding hydrogens is 348 g/mol. The first-order valence-corrected chi connectivity index (χ1v) is 10.3. The highest BCUT2D eigenvalue weighted by molar-refractivity contribution is 5.94. The molecule has 0 aromatic heterocycles. The summed E-state index contributed by atoms with van der Waals surface area (Å²) in [6, 6.07) is 16.4. The molecule has 1 N–H and O–H groups in total. The molecule has 4 rings (SSSR count). The monoisotopic (exact) mass is 376 g/mol. The molecule has 0 saturated carbocycles. The third-order valence-electron chi connectivity index (χ3n) is 6.07. The number of nitrogens with zero attached hydrogens (tertiary/aromatic N) is 1. The number of likely N-dealkylation sites (tertiary alicyclic amines) is 1. The molecule has 1 aliphatic carbocycles. The number of rotatable bonds is 3. The van der Waals surface area contributed by atoms with E-state index >= 15 is 0 Å². The maximum atomic E-state index is 12.9. The predicted octanol–water partition coefficient (Wildman–Crippen LogP) is 3.52. The number of carbonyl (C=O) groups excluding carboxylic acids is 2. The van der Waals surface area contributed by atoms with Gasteiger partial charge in [-0.15, -0.1) is 0 Å². The van der Waals surface area contributed by atoms with Gasteiger partial charge in [0.25, 0.3) is 5.91 Å². The molecule has 2 amide bonds. The first-order valence-electron chi connectivity index (χ1n) is 10.3. The van der Waals surface area contributed by atoms with Gasteiger partial charge in [-0.25, -0.2) is 0 Å². The van der Waals surface area contributed by atoms with Crippen LogP contribution in [0.15, 0.2) is 48.5 Å². The number of piperidine rings is 1. The predicted molar refractivity (Wildman–Crippen MR) is 110 cm³/mol. The Hall–Kier alpha value is -2.62. The average molecular weight is 377 g/mol. The lowest BCUT2D eigenvalue weighted by Gasteiger charge is -2.34. The van der Waals surface area contributed by atoms with Gasteiger partial charge in [-0.1, -0.05) is 42.0 Å². The molecule has 0 spiro atoms. The molecule has 146 valence electrons. The molecule has 28 heavy (non-hydrogen) atoms. The van der Waals surface area contributed by atoms with E-state index in [9.17, 15) is 9.59 Å². The highest BCUT2D eigenvalue weighted by atomic mass is 16.2. The molecule has 0 bridgehead atoms. The van der Waals surface area contributed by atoms with Crippen molar-refractivity contribution >= 4 is 11.8 Å². The van der Waals surface area contributed by atoms with Crippen LogP contribution >= 0.6 is 0 Å². The van der Waals surface area contributed by atoms with E-state index in [0.717, 1.165) is 44.2 Å². The van der Waals surface area contributed by atoms with Gasteiger partial charge in [0, 0.05) is 24.7 Å². The number of fused-ring (bicyclic) bond motifs is 1. The van der Waals surface area contributed by atoms with Gasteiger partial charge in [0.1, 0.15) is 0 Å². The van der Waals surface area contributed by atoms with Gasteiger partial charge in [0.05, 0.1) is 5.92 Å². The van der Waals surface area contributed by atoms with Crippen molar-refractivity contribution in [1.29, 1.82) is 0 Å². The van der Waals surface area contributed by atoms with Crippen LogP contribution in [0.25, 0.3) is 0 Å². The number of aryl methyl sites for hydroxylation is 2. The maximum absolute atomic E-state index is 12.9. The standard InChI is InChI=1S/C24H28N2O2/c1-17-8-10-19(11-9-17)24(28)26-14-4-7-21(16-26)23(27)25-22-13-12-18-5-2-3-6-20(18)15-22/h2-3,5-6,8-11,21-22H,4,7,12-16H2,1H3,(H,25,27). The molecule has 2 aromatic carbocycles. The first-order chi connectivity index (χ1) is 13.6. The van der Waals surface area contributed by atoms with Gasteiger partial charge < -0.3 is 10.2 Å². The lowest BCUT2D eigenvalue weighted by molar-refractivity contribution is -0.127. The zero-order valence-corrected chi connectivity index (χ0v) is 16.5. The van der Waals surface area contributed by atoms with Gasteiger partial charge in [-0.3, -0.25) is 9.59 Å². The second kappa shape index (κ2) is 8.17. The minimum atomic E-state index is -0.111. The van der Waals surface area contributed by atoms with Crippen LogP contribution < -0.4 is 5.32 Å². The molecule has 1 saturated heterocycles. The van der Waals surface area contributed by atoms with Crippen molar-refractivity contribution in [1.82, 2.24) is 10.2 Å². The minimum Gasteiger partial charge on any atom is -0.353 e. The van der Waals surface area contributed by atoms with Crippen LogP contribution in [0.1, 0.15) is 46.3 Å². The average Bonchev–Trinajstić information content (AvgIpc) is 2.74. The maximum Gasteiger partial charge on any atom is 0.253 e. The molecular formula is C24H28N2O2. The van der Waals surface area contributed by atoms with Gasteiger partial charge in [-0.2, -0.15) is 0 Å². The number of benzene rings is 2. The van der Waals surface area contributed by atoms with Crippen LogP contribution in [0.5, 0.6) is 0 Å². The smallest absolute Gasteiger partial charge is 0.253 e. The van der Waals surface area contributed by atoms with Gasteiger partial charge in [0.15, 0.2) is 0 Å². The molecule has 1 heterocycles. The first kappa shape index (κ1) is 18.7. The summed E-state index contributed by atoms with van der Waals surface area (Å²) in [6.45, 7) is 3.26. The largest absolute Gasteiger partial charge is 0.353 e. The highest BCUT2D eigenvalue weighted by Gasteiger charge is 2.30. The number of hydrogen-bond donors (Lipinski definition) is 1. The fourth-order valence-electron chi connectivity index (χ4n) is 4.39. The number of carbonyl (C=O) groups is 2. The normalized spacial score (nSPS) is 21.7. The van der Waals surface area contributed by atoms with Crippen LogP contribution in [0.3, 0.4) is 0 Å². The SMILES string of the molecule is Cc1ccc(C(=O)N2CCCC(C(=O)NC3CCc4ccccc4C3)C2)cc1. The Bertz CT molecular complexity index is 859. The van der Waals surface area contributed by atoms with Crippen molar-refractivity contribution in [3.8, 4) is 0 Å². The number of nitrogens with one attached hydrogen (secondary N) is 1. The van der Waals surface area contributed by atoms with E-state index in [-0.39, 0.29) is 23.8 Å². The summed E-state index contributed by atoms with van der Waals surface area (Å²) in [5.74, 6) is 0.0233. The number of hydrogen-bond acceptors (Lipinski definition) is 2. The fraction of sp³-hybridized carbons (Fsp3) is 0.417. The van der Waals surface area contributed by atoms with Crippen LogP contribution in [0.4, 0.5) is 0 Å². The Morgan fingerprint density at radius 1 is 1.00 bits per heavy atom. The lowest BCUT2D eigenvalue weighted by Crippen LogP contribution is -2.48. The summed E-state index contributed by atoms with van der Waals surface area (Å²) in [5, 5.41) is 3.26. The Morgan fingerprint density at radius 3 is 2.54 bits per heavy atom. The Kier molecular flexibility index (Phi) is 5.47. The summed E-state index contributed by atoms with van der Waals surface area (Å²) in [5.41, 5.74) is 4.59. The minimum absolute atomic E-state index is 0.0316. The Balaban J connectivity index is 1.36. The third-order valence-corrected chi connectivity index (χ3v) is 6.07. The van der Waals surface area contributed by atoms with Crippen molar-refractivity contribution in [2.45, 2.75) is 45.1 Å². The zero-order valence-electron chi connectivity index (χ0n) is 16.5. The van der Waals surface area contributed by atoms with E-state index in [1.54, 1.807) is 0 Å².